The van der Waals surface area contributed by atoms with Gasteiger partial charge in [-0.15, -0.1) is 0 Å². The van der Waals surface area contributed by atoms with E-state index in [-0.39, 0.29) is 23.4 Å². The zero-order valence-corrected chi connectivity index (χ0v) is 11.2. The summed E-state index contributed by atoms with van der Waals surface area (Å²) in [7, 11) is 0. The van der Waals surface area contributed by atoms with Crippen molar-refractivity contribution in [1.29, 1.82) is 0 Å². The molecule has 1 aliphatic rings. The van der Waals surface area contributed by atoms with Gasteiger partial charge in [0.1, 0.15) is 11.4 Å². The second-order valence-corrected chi connectivity index (χ2v) is 5.10. The molecule has 20 heavy (non-hydrogen) atoms. The highest BCUT2D eigenvalue weighted by Crippen LogP contribution is 2.29. The van der Waals surface area contributed by atoms with E-state index in [1.165, 1.54) is 13.3 Å². The van der Waals surface area contributed by atoms with Gasteiger partial charge in [-0.05, 0) is 24.8 Å². The molecule has 0 saturated heterocycles. The lowest BCUT2D eigenvalue weighted by molar-refractivity contribution is -0.385. The van der Waals surface area contributed by atoms with Crippen LogP contribution in [0, 0.1) is 28.8 Å². The predicted molar refractivity (Wildman–Crippen MR) is 70.0 cm³/mol. The van der Waals surface area contributed by atoms with Crippen LogP contribution in [0.25, 0.3) is 0 Å². The van der Waals surface area contributed by atoms with Crippen LogP contribution in [0.3, 0.4) is 0 Å². The van der Waals surface area contributed by atoms with Crippen molar-refractivity contribution < 1.29 is 18.8 Å². The van der Waals surface area contributed by atoms with Gasteiger partial charge in [0.05, 0.1) is 11.5 Å². The molecule has 0 unspecified atom stereocenters. The van der Waals surface area contributed by atoms with E-state index in [4.69, 9.17) is 4.74 Å². The molecular formula is C14H16FNO4. The maximum Gasteiger partial charge on any atom is 0.341 e. The van der Waals surface area contributed by atoms with Gasteiger partial charge in [-0.3, -0.25) is 10.1 Å². The van der Waals surface area contributed by atoms with Gasteiger partial charge in [0.25, 0.3) is 5.69 Å². The van der Waals surface area contributed by atoms with E-state index in [1.807, 2.05) is 0 Å². The summed E-state index contributed by atoms with van der Waals surface area (Å²) in [6.45, 7) is 1.61. The van der Waals surface area contributed by atoms with Gasteiger partial charge in [0.2, 0.25) is 0 Å². The van der Waals surface area contributed by atoms with Gasteiger partial charge in [0.15, 0.2) is 0 Å². The van der Waals surface area contributed by atoms with Crippen molar-refractivity contribution in [2.45, 2.75) is 32.6 Å². The third kappa shape index (κ3) is 3.12. The summed E-state index contributed by atoms with van der Waals surface area (Å²) in [6, 6.07) is 2.02. The molecule has 0 heterocycles. The highest BCUT2D eigenvalue weighted by Gasteiger charge is 2.22. The smallest absolute Gasteiger partial charge is 0.341 e. The second kappa shape index (κ2) is 5.98. The van der Waals surface area contributed by atoms with Crippen LogP contribution >= 0.6 is 0 Å². The summed E-state index contributed by atoms with van der Waals surface area (Å²) in [6.07, 6.45) is 4.25. The highest BCUT2D eigenvalue weighted by molar-refractivity contribution is 5.90. The minimum absolute atomic E-state index is 0.0603. The highest BCUT2D eigenvalue weighted by atomic mass is 19.1. The molecule has 1 fully saturated rings. The van der Waals surface area contributed by atoms with Gasteiger partial charge in [-0.1, -0.05) is 19.3 Å². The first-order chi connectivity index (χ1) is 9.49. The number of nitrogens with zero attached hydrogens (tertiary/aromatic N) is 1. The van der Waals surface area contributed by atoms with Crippen LogP contribution in [0.1, 0.15) is 41.6 Å². The number of carbonyl (C=O) groups is 1. The molecule has 5 nitrogen and oxygen atoms in total. The number of carbonyl (C=O) groups excluding carboxylic acids is 1. The van der Waals surface area contributed by atoms with E-state index < -0.39 is 16.7 Å². The Morgan fingerprint density at radius 2 is 2.20 bits per heavy atom. The van der Waals surface area contributed by atoms with E-state index in [0.29, 0.717) is 5.92 Å². The Bertz CT molecular complexity index is 540. The summed E-state index contributed by atoms with van der Waals surface area (Å²) < 4.78 is 18.8. The Balaban J connectivity index is 2.05. The summed E-state index contributed by atoms with van der Waals surface area (Å²) in [4.78, 5) is 21.9. The fraction of sp³-hybridized carbons (Fsp3) is 0.500. The van der Waals surface area contributed by atoms with Crippen LogP contribution in [0.4, 0.5) is 10.1 Å². The molecule has 0 atom stereocenters. The maximum absolute atomic E-state index is 13.8. The van der Waals surface area contributed by atoms with Crippen LogP contribution in [0.15, 0.2) is 12.1 Å². The normalized spacial score (nSPS) is 14.7. The molecule has 2 rings (SSSR count). The van der Waals surface area contributed by atoms with Crippen molar-refractivity contribution in [1.82, 2.24) is 0 Å². The van der Waals surface area contributed by atoms with Gasteiger partial charge >= 0.3 is 5.97 Å². The van der Waals surface area contributed by atoms with Crippen LogP contribution in [-0.4, -0.2) is 17.5 Å². The third-order valence-electron chi connectivity index (χ3n) is 3.65. The Morgan fingerprint density at radius 3 is 2.75 bits per heavy atom. The van der Waals surface area contributed by atoms with Crippen molar-refractivity contribution in [2.24, 2.45) is 5.92 Å². The Morgan fingerprint density at radius 1 is 1.50 bits per heavy atom. The summed E-state index contributed by atoms with van der Waals surface area (Å²) >= 11 is 0. The zero-order chi connectivity index (χ0) is 14.7. The van der Waals surface area contributed by atoms with Crippen LogP contribution < -0.4 is 0 Å². The number of esters is 1. The molecule has 0 radical (unpaired) electrons. The van der Waals surface area contributed by atoms with E-state index in [1.54, 1.807) is 0 Å². The van der Waals surface area contributed by atoms with Gasteiger partial charge in [-0.25, -0.2) is 9.18 Å². The standard InChI is InChI=1S/C14H16FNO4/c1-9-7-11(16(18)19)8-12(13(9)15)14(17)20-6-5-10-3-2-4-10/h7-8,10H,2-6H2,1H3. The van der Waals surface area contributed by atoms with Crippen molar-refractivity contribution in [2.75, 3.05) is 6.61 Å². The first-order valence-corrected chi connectivity index (χ1v) is 6.60. The molecule has 1 aromatic rings. The zero-order valence-electron chi connectivity index (χ0n) is 11.2. The van der Waals surface area contributed by atoms with Gasteiger partial charge in [-0.2, -0.15) is 0 Å². The number of aryl methyl sites for hydroxylation is 1. The molecule has 0 aromatic heterocycles. The molecule has 0 N–H and O–H groups in total. The predicted octanol–water partition coefficient (Wildman–Crippen LogP) is 3.39. The van der Waals surface area contributed by atoms with Crippen LogP contribution in [0.5, 0.6) is 0 Å². The summed E-state index contributed by atoms with van der Waals surface area (Å²) in [5, 5.41) is 10.7. The van der Waals surface area contributed by atoms with Crippen molar-refractivity contribution >= 4 is 11.7 Å². The van der Waals surface area contributed by atoms with Crippen molar-refractivity contribution in [3.63, 3.8) is 0 Å². The molecule has 108 valence electrons. The number of ether oxygens (including phenoxy) is 1. The summed E-state index contributed by atoms with van der Waals surface area (Å²) in [5.74, 6) is -1.02. The van der Waals surface area contributed by atoms with Gasteiger partial charge < -0.3 is 4.74 Å². The fourth-order valence-electron chi connectivity index (χ4n) is 2.18. The molecule has 0 aliphatic heterocycles. The SMILES string of the molecule is Cc1cc([N+](=O)[O-])cc(C(=O)OCCC2CCC2)c1F. The lowest BCUT2D eigenvalue weighted by Crippen LogP contribution is -2.16. The first kappa shape index (κ1) is 14.4. The Kier molecular flexibility index (Phi) is 4.32. The number of nitro benzene ring substituents is 1. The van der Waals surface area contributed by atoms with E-state index in [9.17, 15) is 19.3 Å². The molecule has 6 heteroatoms. The topological polar surface area (TPSA) is 69.4 Å². The lowest BCUT2D eigenvalue weighted by Gasteiger charge is -2.24. The Hall–Kier alpha value is -1.98. The van der Waals surface area contributed by atoms with Crippen molar-refractivity contribution in [3.8, 4) is 0 Å². The number of hydrogen-bond donors (Lipinski definition) is 0. The largest absolute Gasteiger partial charge is 0.462 e. The lowest BCUT2D eigenvalue weighted by atomic mass is 9.83. The van der Waals surface area contributed by atoms with Crippen molar-refractivity contribution in [3.05, 3.63) is 39.2 Å². The van der Waals surface area contributed by atoms with E-state index in [2.05, 4.69) is 0 Å². The number of rotatable bonds is 5. The fourth-order valence-corrected chi connectivity index (χ4v) is 2.18. The number of nitro groups is 1. The minimum Gasteiger partial charge on any atom is -0.462 e. The molecule has 0 spiro atoms. The molecule has 1 saturated carbocycles. The van der Waals surface area contributed by atoms with E-state index in [0.717, 1.165) is 31.4 Å². The minimum atomic E-state index is -0.839. The van der Waals surface area contributed by atoms with Crippen LogP contribution in [-0.2, 0) is 4.74 Å². The molecule has 1 aromatic carbocycles. The molecular weight excluding hydrogens is 265 g/mol. The molecule has 0 amide bonds. The Labute approximate surface area is 115 Å². The quantitative estimate of drug-likeness (QED) is 0.471. The van der Waals surface area contributed by atoms with Gasteiger partial charge in [0, 0.05) is 12.1 Å². The molecule has 0 bridgehead atoms. The first-order valence-electron chi connectivity index (χ1n) is 6.60. The number of benzene rings is 1. The number of non-ortho nitro benzene ring substituents is 1. The third-order valence-corrected chi connectivity index (χ3v) is 3.65. The second-order valence-electron chi connectivity index (χ2n) is 5.10. The number of halogens is 1. The number of hydrogen-bond acceptors (Lipinski definition) is 4. The maximum atomic E-state index is 13.8. The summed E-state index contributed by atoms with van der Waals surface area (Å²) in [5.41, 5.74) is -0.620. The van der Waals surface area contributed by atoms with Crippen LogP contribution in [0.2, 0.25) is 0 Å². The average Bonchev–Trinajstić information content (AvgIpc) is 2.34. The average molecular weight is 281 g/mol. The molecule has 1 aliphatic carbocycles. The van der Waals surface area contributed by atoms with E-state index >= 15 is 0 Å². The monoisotopic (exact) mass is 281 g/mol.